The van der Waals surface area contributed by atoms with Gasteiger partial charge in [-0.3, -0.25) is 0 Å². The molecule has 1 unspecified atom stereocenters. The molecule has 1 rings (SSSR count). The van der Waals surface area contributed by atoms with Crippen molar-refractivity contribution in [3.05, 3.63) is 34.3 Å². The number of hydroxylamine groups is 2. The molecule has 3 nitrogen and oxygen atoms in total. The number of likely N-dealkylation sites (N-methyl/N-ethyl adjacent to an activating group) is 1. The summed E-state index contributed by atoms with van der Waals surface area (Å²) in [6, 6.07) is 7.52. The largest absolute Gasteiger partial charge is 0.371 e. The molecule has 0 amide bonds. The lowest BCUT2D eigenvalue weighted by atomic mass is 10.0. The Morgan fingerprint density at radius 3 is 2.05 bits per heavy atom. The molecule has 0 radical (unpaired) electrons. The fourth-order valence-electron chi connectivity index (χ4n) is 1.67. The number of thiocarbonyl (C=S) groups is 1. The van der Waals surface area contributed by atoms with Crippen LogP contribution in [0.1, 0.15) is 32.4 Å². The normalized spacial score (nSPS) is 13.5. The number of nitrogens with zero attached hydrogens (tertiary/aromatic N) is 2. The summed E-state index contributed by atoms with van der Waals surface area (Å²) >= 11 is 8.89. The van der Waals surface area contributed by atoms with Gasteiger partial charge in [0.2, 0.25) is 0 Å². The second-order valence-electron chi connectivity index (χ2n) is 5.70. The molecule has 0 spiro atoms. The molecule has 1 aromatic carbocycles. The van der Waals surface area contributed by atoms with Crippen molar-refractivity contribution in [3.8, 4) is 0 Å². The molecule has 0 saturated carbocycles. The highest BCUT2D eigenvalue weighted by molar-refractivity contribution is 9.10. The zero-order chi connectivity index (χ0) is 14.8. The van der Waals surface area contributed by atoms with Crippen LogP contribution in [0.3, 0.4) is 0 Å². The molecular weight excluding hydrogens is 324 g/mol. The van der Waals surface area contributed by atoms with E-state index in [1.165, 1.54) is 5.06 Å². The van der Waals surface area contributed by atoms with Crippen LogP contribution in [0.5, 0.6) is 0 Å². The molecule has 1 N–H and O–H groups in total. The molecule has 0 bridgehead atoms. The molecule has 1 aromatic rings. The molecule has 0 aliphatic carbocycles. The van der Waals surface area contributed by atoms with Gasteiger partial charge >= 0.3 is 0 Å². The van der Waals surface area contributed by atoms with Gasteiger partial charge in [0.25, 0.3) is 0 Å². The number of hydrogen-bond donors (Lipinski definition) is 1. The Balaban J connectivity index is 3.20. The standard InChI is InChI=1S/C14H21BrN2OS/c1-14(2,3)17(18)12(13(19)16(4)5)10-6-8-11(15)9-7-10/h6-9,12,18H,1-5H3. The van der Waals surface area contributed by atoms with Gasteiger partial charge < -0.3 is 10.1 Å². The third-order valence-electron chi connectivity index (χ3n) is 2.79. The van der Waals surface area contributed by atoms with Crippen LogP contribution in [0.15, 0.2) is 28.7 Å². The summed E-state index contributed by atoms with van der Waals surface area (Å²) in [5.74, 6) is 0. The summed E-state index contributed by atoms with van der Waals surface area (Å²) in [4.78, 5) is 2.54. The van der Waals surface area contributed by atoms with E-state index in [1.54, 1.807) is 0 Å². The van der Waals surface area contributed by atoms with Crippen LogP contribution in [0.4, 0.5) is 0 Å². The molecule has 0 heterocycles. The fourth-order valence-corrected chi connectivity index (χ4v) is 2.17. The Morgan fingerprint density at radius 1 is 1.21 bits per heavy atom. The quantitative estimate of drug-likeness (QED) is 0.665. The van der Waals surface area contributed by atoms with Crippen molar-refractivity contribution in [3.63, 3.8) is 0 Å². The van der Waals surface area contributed by atoms with Gasteiger partial charge in [-0.15, -0.1) is 0 Å². The molecule has 0 fully saturated rings. The minimum absolute atomic E-state index is 0.335. The van der Waals surface area contributed by atoms with Gasteiger partial charge in [0.15, 0.2) is 0 Å². The maximum Gasteiger partial charge on any atom is 0.111 e. The molecule has 0 aliphatic rings. The molecular formula is C14H21BrN2OS. The first-order chi connectivity index (χ1) is 8.64. The minimum atomic E-state index is -0.391. The number of halogens is 1. The summed E-state index contributed by atoms with van der Waals surface area (Å²) < 4.78 is 1.01. The van der Waals surface area contributed by atoms with Gasteiger partial charge in [0.1, 0.15) is 11.0 Å². The van der Waals surface area contributed by atoms with Crippen molar-refractivity contribution in [2.45, 2.75) is 32.4 Å². The fraction of sp³-hybridized carbons (Fsp3) is 0.500. The highest BCUT2D eigenvalue weighted by Gasteiger charge is 2.32. The topological polar surface area (TPSA) is 26.7 Å². The predicted octanol–water partition coefficient (Wildman–Crippen LogP) is 3.87. The summed E-state index contributed by atoms with van der Waals surface area (Å²) in [7, 11) is 3.79. The van der Waals surface area contributed by atoms with Crippen molar-refractivity contribution in [1.82, 2.24) is 9.96 Å². The van der Waals surface area contributed by atoms with E-state index < -0.39 is 5.54 Å². The van der Waals surface area contributed by atoms with E-state index in [-0.39, 0.29) is 6.04 Å². The van der Waals surface area contributed by atoms with Crippen LogP contribution in [0, 0.1) is 0 Å². The highest BCUT2D eigenvalue weighted by atomic mass is 79.9. The Labute approximate surface area is 129 Å². The van der Waals surface area contributed by atoms with Crippen LogP contribution in [0.2, 0.25) is 0 Å². The number of benzene rings is 1. The monoisotopic (exact) mass is 344 g/mol. The first kappa shape index (κ1) is 16.6. The first-order valence-corrected chi connectivity index (χ1v) is 7.29. The summed E-state index contributed by atoms with van der Waals surface area (Å²) in [6.07, 6.45) is 0. The van der Waals surface area contributed by atoms with Crippen LogP contribution in [-0.4, -0.2) is 39.8 Å². The Morgan fingerprint density at radius 2 is 1.68 bits per heavy atom. The average molecular weight is 345 g/mol. The zero-order valence-corrected chi connectivity index (χ0v) is 14.4. The van der Waals surface area contributed by atoms with Crippen molar-refractivity contribution in [2.24, 2.45) is 0 Å². The lowest BCUT2D eigenvalue weighted by Crippen LogP contribution is -2.46. The number of hydrogen-bond acceptors (Lipinski definition) is 3. The second kappa shape index (κ2) is 6.31. The lowest BCUT2D eigenvalue weighted by Gasteiger charge is -2.38. The zero-order valence-electron chi connectivity index (χ0n) is 12.0. The van der Waals surface area contributed by atoms with Crippen LogP contribution >= 0.6 is 28.1 Å². The molecule has 106 valence electrons. The minimum Gasteiger partial charge on any atom is -0.371 e. The molecule has 5 heteroatoms. The van der Waals surface area contributed by atoms with E-state index in [4.69, 9.17) is 12.2 Å². The molecule has 19 heavy (non-hydrogen) atoms. The Bertz CT molecular complexity index is 440. The van der Waals surface area contributed by atoms with E-state index in [0.717, 1.165) is 10.0 Å². The summed E-state index contributed by atoms with van der Waals surface area (Å²) in [5, 5.41) is 11.8. The van der Waals surface area contributed by atoms with Crippen molar-refractivity contribution >= 4 is 33.1 Å². The van der Waals surface area contributed by atoms with Gasteiger partial charge in [0, 0.05) is 24.1 Å². The average Bonchev–Trinajstić information content (AvgIpc) is 2.30. The van der Waals surface area contributed by atoms with Gasteiger partial charge in [-0.2, -0.15) is 5.06 Å². The van der Waals surface area contributed by atoms with Gasteiger partial charge in [-0.05, 0) is 38.5 Å². The third kappa shape index (κ3) is 4.24. The van der Waals surface area contributed by atoms with Crippen LogP contribution in [0.25, 0.3) is 0 Å². The van der Waals surface area contributed by atoms with Crippen molar-refractivity contribution < 1.29 is 5.21 Å². The molecule has 0 aliphatic heterocycles. The van der Waals surface area contributed by atoms with E-state index in [9.17, 15) is 5.21 Å². The van der Waals surface area contributed by atoms with E-state index in [0.29, 0.717) is 4.99 Å². The molecule has 1 atom stereocenters. The Hall–Kier alpha value is -0.490. The van der Waals surface area contributed by atoms with Crippen LogP contribution < -0.4 is 0 Å². The van der Waals surface area contributed by atoms with Crippen molar-refractivity contribution in [2.75, 3.05) is 14.1 Å². The van der Waals surface area contributed by atoms with E-state index in [1.807, 2.05) is 64.0 Å². The summed E-state index contributed by atoms with van der Waals surface area (Å²) in [6.45, 7) is 5.87. The first-order valence-electron chi connectivity index (χ1n) is 6.09. The lowest BCUT2D eigenvalue weighted by molar-refractivity contribution is -0.173. The third-order valence-corrected chi connectivity index (χ3v) is 3.91. The van der Waals surface area contributed by atoms with Gasteiger partial charge in [-0.1, -0.05) is 40.3 Å². The molecule has 0 aromatic heterocycles. The van der Waals surface area contributed by atoms with E-state index in [2.05, 4.69) is 15.9 Å². The van der Waals surface area contributed by atoms with Crippen molar-refractivity contribution in [1.29, 1.82) is 0 Å². The van der Waals surface area contributed by atoms with E-state index >= 15 is 0 Å². The second-order valence-corrected chi connectivity index (χ2v) is 7.04. The Kier molecular flexibility index (Phi) is 5.50. The van der Waals surface area contributed by atoms with Gasteiger partial charge in [-0.25, -0.2) is 0 Å². The summed E-state index contributed by atoms with van der Waals surface area (Å²) in [5.41, 5.74) is 0.581. The number of rotatable bonds is 3. The van der Waals surface area contributed by atoms with Crippen LogP contribution in [-0.2, 0) is 0 Å². The SMILES string of the molecule is CN(C)C(=S)C(c1ccc(Br)cc1)N(O)C(C)(C)C. The predicted molar refractivity (Wildman–Crippen MR) is 86.5 cm³/mol. The smallest absolute Gasteiger partial charge is 0.111 e. The highest BCUT2D eigenvalue weighted by Crippen LogP contribution is 2.29. The maximum absolute atomic E-state index is 10.5. The van der Waals surface area contributed by atoms with Gasteiger partial charge in [0.05, 0.1) is 0 Å². The maximum atomic E-state index is 10.5. The molecule has 0 saturated heterocycles.